The van der Waals surface area contributed by atoms with Crippen LogP contribution in [0.15, 0.2) is 12.7 Å². The van der Waals surface area contributed by atoms with E-state index in [1.807, 2.05) is 13.0 Å². The standard InChI is InChI=1S/C10H19O2P/c1-5-10-8(3)7(2)6-13(11)12-9(10)4/h5,7-11H,1,6H2,2-4H3. The topological polar surface area (TPSA) is 29.5 Å². The largest absolute Gasteiger partial charge is 0.350 e. The van der Waals surface area contributed by atoms with Gasteiger partial charge in [0.15, 0.2) is 8.38 Å². The Kier molecular flexibility index (Phi) is 3.90. The highest BCUT2D eigenvalue weighted by Gasteiger charge is 2.32. The zero-order chi connectivity index (χ0) is 10.0. The summed E-state index contributed by atoms with van der Waals surface area (Å²) in [6.07, 6.45) is 2.86. The minimum atomic E-state index is -1.20. The first-order valence-corrected chi connectivity index (χ1v) is 6.21. The molecule has 3 heteroatoms. The minimum absolute atomic E-state index is 0.105. The molecule has 0 bridgehead atoms. The molecule has 0 aromatic rings. The maximum absolute atomic E-state index is 9.57. The molecule has 0 aromatic heterocycles. The molecule has 2 nitrogen and oxygen atoms in total. The highest BCUT2D eigenvalue weighted by atomic mass is 31.2. The normalized spacial score (nSPS) is 46.9. The minimum Gasteiger partial charge on any atom is -0.350 e. The molecule has 0 spiro atoms. The maximum atomic E-state index is 9.57. The summed E-state index contributed by atoms with van der Waals surface area (Å²) in [4.78, 5) is 9.57. The molecule has 0 radical (unpaired) electrons. The van der Waals surface area contributed by atoms with Crippen molar-refractivity contribution in [1.82, 2.24) is 0 Å². The van der Waals surface area contributed by atoms with E-state index < -0.39 is 8.38 Å². The summed E-state index contributed by atoms with van der Waals surface area (Å²) in [5.41, 5.74) is 0. The fourth-order valence-electron chi connectivity index (χ4n) is 1.93. The zero-order valence-electron chi connectivity index (χ0n) is 8.60. The lowest BCUT2D eigenvalue weighted by Crippen LogP contribution is -2.24. The second-order valence-corrected chi connectivity index (χ2v) is 5.28. The predicted octanol–water partition coefficient (Wildman–Crippen LogP) is 2.78. The summed E-state index contributed by atoms with van der Waals surface area (Å²) in [5, 5.41) is 0. The molecule has 0 aromatic carbocycles. The van der Waals surface area contributed by atoms with Gasteiger partial charge in [-0.3, -0.25) is 0 Å². The molecular formula is C10H19O2P. The Labute approximate surface area is 81.9 Å². The van der Waals surface area contributed by atoms with Gasteiger partial charge in [0.2, 0.25) is 0 Å². The second kappa shape index (κ2) is 4.54. The fourth-order valence-corrected chi connectivity index (χ4v) is 3.37. The predicted molar refractivity (Wildman–Crippen MR) is 56.6 cm³/mol. The Morgan fingerprint density at radius 3 is 2.62 bits per heavy atom. The van der Waals surface area contributed by atoms with Crippen LogP contribution in [0.1, 0.15) is 20.8 Å². The van der Waals surface area contributed by atoms with Crippen molar-refractivity contribution in [2.75, 3.05) is 6.16 Å². The summed E-state index contributed by atoms with van der Waals surface area (Å²) in [6, 6.07) is 0. The molecule has 1 saturated heterocycles. The molecule has 13 heavy (non-hydrogen) atoms. The lowest BCUT2D eigenvalue weighted by molar-refractivity contribution is 0.148. The van der Waals surface area contributed by atoms with Gasteiger partial charge in [-0.15, -0.1) is 6.58 Å². The summed E-state index contributed by atoms with van der Waals surface area (Å²) in [5.74, 6) is 1.44. The number of hydrogen-bond acceptors (Lipinski definition) is 2. The molecule has 5 unspecified atom stereocenters. The lowest BCUT2D eigenvalue weighted by Gasteiger charge is -2.25. The molecule has 1 aliphatic rings. The van der Waals surface area contributed by atoms with Gasteiger partial charge in [-0.1, -0.05) is 19.9 Å². The molecule has 0 aliphatic carbocycles. The van der Waals surface area contributed by atoms with Crippen LogP contribution in [-0.4, -0.2) is 17.2 Å². The van der Waals surface area contributed by atoms with E-state index in [0.29, 0.717) is 17.8 Å². The van der Waals surface area contributed by atoms with E-state index in [0.717, 1.165) is 6.16 Å². The summed E-state index contributed by atoms with van der Waals surface area (Å²) in [7, 11) is -1.20. The van der Waals surface area contributed by atoms with E-state index in [9.17, 15) is 4.89 Å². The van der Waals surface area contributed by atoms with Gasteiger partial charge < -0.3 is 9.42 Å². The molecule has 1 aliphatic heterocycles. The highest BCUT2D eigenvalue weighted by molar-refractivity contribution is 7.46. The van der Waals surface area contributed by atoms with Gasteiger partial charge in [0, 0.05) is 12.1 Å². The van der Waals surface area contributed by atoms with Crippen LogP contribution in [0.2, 0.25) is 0 Å². The van der Waals surface area contributed by atoms with Crippen LogP contribution >= 0.6 is 8.38 Å². The van der Waals surface area contributed by atoms with E-state index in [-0.39, 0.29) is 6.10 Å². The van der Waals surface area contributed by atoms with E-state index in [1.54, 1.807) is 0 Å². The Balaban J connectivity index is 2.76. The van der Waals surface area contributed by atoms with Gasteiger partial charge in [-0.25, -0.2) is 0 Å². The number of rotatable bonds is 1. The van der Waals surface area contributed by atoms with Crippen molar-refractivity contribution in [3.63, 3.8) is 0 Å². The SMILES string of the molecule is C=CC1C(C)OP(O)CC(C)C1C. The maximum Gasteiger partial charge on any atom is 0.168 e. The van der Waals surface area contributed by atoms with Gasteiger partial charge in [-0.05, 0) is 18.8 Å². The van der Waals surface area contributed by atoms with E-state index in [4.69, 9.17) is 4.52 Å². The van der Waals surface area contributed by atoms with Crippen LogP contribution in [0.3, 0.4) is 0 Å². The molecule has 5 atom stereocenters. The Bertz CT molecular complexity index is 184. The average molecular weight is 202 g/mol. The van der Waals surface area contributed by atoms with E-state index in [1.165, 1.54) is 0 Å². The average Bonchev–Trinajstić information content (AvgIpc) is 2.11. The zero-order valence-corrected chi connectivity index (χ0v) is 9.50. The third-order valence-electron chi connectivity index (χ3n) is 3.05. The monoisotopic (exact) mass is 202 g/mol. The quantitative estimate of drug-likeness (QED) is 0.523. The first-order chi connectivity index (χ1) is 6.06. The van der Waals surface area contributed by atoms with Crippen molar-refractivity contribution in [2.24, 2.45) is 17.8 Å². The first-order valence-electron chi connectivity index (χ1n) is 4.82. The summed E-state index contributed by atoms with van der Waals surface area (Å²) >= 11 is 0. The van der Waals surface area contributed by atoms with Crippen LogP contribution in [0.25, 0.3) is 0 Å². The van der Waals surface area contributed by atoms with Crippen LogP contribution < -0.4 is 0 Å². The summed E-state index contributed by atoms with van der Waals surface area (Å²) in [6.45, 7) is 10.2. The Morgan fingerprint density at radius 1 is 1.46 bits per heavy atom. The Morgan fingerprint density at radius 2 is 2.08 bits per heavy atom. The van der Waals surface area contributed by atoms with Gasteiger partial charge in [-0.2, -0.15) is 0 Å². The van der Waals surface area contributed by atoms with Crippen LogP contribution in [0, 0.1) is 17.8 Å². The summed E-state index contributed by atoms with van der Waals surface area (Å²) < 4.78 is 5.50. The smallest absolute Gasteiger partial charge is 0.168 e. The van der Waals surface area contributed by atoms with Crippen molar-refractivity contribution in [3.8, 4) is 0 Å². The van der Waals surface area contributed by atoms with Crippen molar-refractivity contribution in [2.45, 2.75) is 26.9 Å². The first kappa shape index (κ1) is 11.2. The van der Waals surface area contributed by atoms with Gasteiger partial charge in [0.05, 0.1) is 6.10 Å². The van der Waals surface area contributed by atoms with Crippen molar-refractivity contribution >= 4 is 8.38 Å². The molecular weight excluding hydrogens is 183 g/mol. The number of hydrogen-bond donors (Lipinski definition) is 1. The molecule has 1 N–H and O–H groups in total. The molecule has 0 saturated carbocycles. The van der Waals surface area contributed by atoms with Crippen molar-refractivity contribution in [3.05, 3.63) is 12.7 Å². The molecule has 1 rings (SSSR count). The van der Waals surface area contributed by atoms with Gasteiger partial charge in [0.25, 0.3) is 0 Å². The van der Waals surface area contributed by atoms with Crippen LogP contribution in [0.5, 0.6) is 0 Å². The van der Waals surface area contributed by atoms with Crippen molar-refractivity contribution in [1.29, 1.82) is 0 Å². The fraction of sp³-hybridized carbons (Fsp3) is 0.800. The molecule has 1 fully saturated rings. The van der Waals surface area contributed by atoms with E-state index >= 15 is 0 Å². The van der Waals surface area contributed by atoms with Crippen LogP contribution in [0.4, 0.5) is 0 Å². The molecule has 76 valence electrons. The second-order valence-electron chi connectivity index (χ2n) is 3.99. The third-order valence-corrected chi connectivity index (χ3v) is 4.52. The molecule has 0 amide bonds. The van der Waals surface area contributed by atoms with E-state index in [2.05, 4.69) is 20.4 Å². The van der Waals surface area contributed by atoms with Crippen molar-refractivity contribution < 1.29 is 9.42 Å². The lowest BCUT2D eigenvalue weighted by atomic mass is 9.82. The van der Waals surface area contributed by atoms with Crippen LogP contribution in [-0.2, 0) is 4.52 Å². The third kappa shape index (κ3) is 2.52. The van der Waals surface area contributed by atoms with Gasteiger partial charge in [0.1, 0.15) is 0 Å². The van der Waals surface area contributed by atoms with Gasteiger partial charge >= 0.3 is 0 Å². The highest BCUT2D eigenvalue weighted by Crippen LogP contribution is 2.45. The Hall–Kier alpha value is 0.0900. The molecule has 1 heterocycles.